The lowest BCUT2D eigenvalue weighted by atomic mass is 10.1. The van der Waals surface area contributed by atoms with Gasteiger partial charge in [-0.15, -0.1) is 10.2 Å². The molecule has 5 heteroatoms. The normalized spacial score (nSPS) is 11.0. The highest BCUT2D eigenvalue weighted by atomic mass is 32.2. The van der Waals surface area contributed by atoms with Crippen molar-refractivity contribution >= 4 is 11.8 Å². The fourth-order valence-electron chi connectivity index (χ4n) is 2.36. The molecule has 0 aliphatic heterocycles. The van der Waals surface area contributed by atoms with Gasteiger partial charge in [0, 0.05) is 12.8 Å². The molecule has 2 aromatic heterocycles. The van der Waals surface area contributed by atoms with Gasteiger partial charge in [-0.3, -0.25) is 0 Å². The van der Waals surface area contributed by atoms with Crippen LogP contribution in [-0.4, -0.2) is 14.8 Å². The molecule has 0 bridgehead atoms. The van der Waals surface area contributed by atoms with Crippen LogP contribution in [0, 0.1) is 13.8 Å². The number of benzene rings is 1. The van der Waals surface area contributed by atoms with Gasteiger partial charge in [-0.05, 0) is 31.5 Å². The number of aromatic nitrogens is 3. The number of furan rings is 1. The van der Waals surface area contributed by atoms with Crippen LogP contribution in [0.25, 0.3) is 11.6 Å². The molecule has 4 nitrogen and oxygen atoms in total. The number of rotatable bonds is 4. The number of hydrogen-bond acceptors (Lipinski definition) is 4. The third-order valence-electron chi connectivity index (χ3n) is 3.23. The predicted molar refractivity (Wildman–Crippen MR) is 84.2 cm³/mol. The van der Waals surface area contributed by atoms with E-state index in [1.54, 1.807) is 18.0 Å². The van der Waals surface area contributed by atoms with Crippen LogP contribution in [0.3, 0.4) is 0 Å². The third-order valence-corrected chi connectivity index (χ3v) is 4.32. The largest absolute Gasteiger partial charge is 0.461 e. The van der Waals surface area contributed by atoms with Crippen molar-refractivity contribution < 1.29 is 4.42 Å². The molecule has 108 valence electrons. The molecule has 0 aliphatic carbocycles. The van der Waals surface area contributed by atoms with Gasteiger partial charge in [0.05, 0.1) is 6.26 Å². The lowest BCUT2D eigenvalue weighted by molar-refractivity contribution is 0.572. The maximum absolute atomic E-state index is 5.38. The summed E-state index contributed by atoms with van der Waals surface area (Å²) in [5.74, 6) is 2.37. The van der Waals surface area contributed by atoms with E-state index in [0.717, 1.165) is 22.5 Å². The molecule has 0 N–H and O–H groups in total. The van der Waals surface area contributed by atoms with Crippen LogP contribution in [0.4, 0.5) is 0 Å². The fraction of sp³-hybridized carbons (Fsp3) is 0.250. The monoisotopic (exact) mass is 299 g/mol. The number of hydrogen-bond donors (Lipinski definition) is 0. The summed E-state index contributed by atoms with van der Waals surface area (Å²) >= 11 is 1.68. The zero-order valence-corrected chi connectivity index (χ0v) is 13.1. The highest BCUT2D eigenvalue weighted by Crippen LogP contribution is 2.26. The smallest absolute Gasteiger partial charge is 0.200 e. The second-order valence-electron chi connectivity index (χ2n) is 5.13. The summed E-state index contributed by atoms with van der Waals surface area (Å²) < 4.78 is 7.34. The minimum Gasteiger partial charge on any atom is -0.461 e. The van der Waals surface area contributed by atoms with Gasteiger partial charge in [-0.25, -0.2) is 0 Å². The molecule has 0 saturated carbocycles. The summed E-state index contributed by atoms with van der Waals surface area (Å²) in [5.41, 5.74) is 3.89. The van der Waals surface area contributed by atoms with Crippen LogP contribution < -0.4 is 0 Å². The van der Waals surface area contributed by atoms with Crippen molar-refractivity contribution in [2.75, 3.05) is 0 Å². The SMILES string of the molecule is Cc1cc(C)cc(CSc2nnc(-c3ccco3)n2C)c1. The van der Waals surface area contributed by atoms with Crippen LogP contribution in [-0.2, 0) is 12.8 Å². The molecule has 2 heterocycles. The molecule has 3 rings (SSSR count). The van der Waals surface area contributed by atoms with Crippen molar-refractivity contribution in [2.45, 2.75) is 24.8 Å². The average molecular weight is 299 g/mol. The Labute approximate surface area is 128 Å². The fourth-order valence-corrected chi connectivity index (χ4v) is 3.20. The average Bonchev–Trinajstić information content (AvgIpc) is 3.05. The number of nitrogens with zero attached hydrogens (tertiary/aromatic N) is 3. The molecule has 0 atom stereocenters. The Morgan fingerprint density at radius 1 is 1.14 bits per heavy atom. The van der Waals surface area contributed by atoms with E-state index in [-0.39, 0.29) is 0 Å². The molecule has 0 saturated heterocycles. The second-order valence-corrected chi connectivity index (χ2v) is 6.07. The summed E-state index contributed by atoms with van der Waals surface area (Å²) in [6.45, 7) is 4.25. The van der Waals surface area contributed by atoms with Gasteiger partial charge in [0.1, 0.15) is 0 Å². The predicted octanol–water partition coefficient (Wildman–Crippen LogP) is 3.98. The van der Waals surface area contributed by atoms with E-state index in [4.69, 9.17) is 4.42 Å². The molecule has 0 fully saturated rings. The molecule has 3 aromatic rings. The Morgan fingerprint density at radius 3 is 2.57 bits per heavy atom. The topological polar surface area (TPSA) is 43.9 Å². The zero-order valence-electron chi connectivity index (χ0n) is 12.3. The molecule has 0 aliphatic rings. The van der Waals surface area contributed by atoms with Crippen molar-refractivity contribution in [1.29, 1.82) is 0 Å². The Bertz CT molecular complexity index is 727. The van der Waals surface area contributed by atoms with E-state index in [2.05, 4.69) is 42.2 Å². The first-order chi connectivity index (χ1) is 10.1. The van der Waals surface area contributed by atoms with Crippen molar-refractivity contribution in [3.8, 4) is 11.6 Å². The van der Waals surface area contributed by atoms with E-state index in [1.807, 2.05) is 23.7 Å². The summed E-state index contributed by atoms with van der Waals surface area (Å²) in [5, 5.41) is 9.34. The molecule has 0 radical (unpaired) electrons. The summed E-state index contributed by atoms with van der Waals surface area (Å²) in [4.78, 5) is 0. The lowest BCUT2D eigenvalue weighted by Gasteiger charge is -2.05. The second kappa shape index (κ2) is 5.77. The first-order valence-corrected chi connectivity index (χ1v) is 7.75. The summed E-state index contributed by atoms with van der Waals surface area (Å²) in [6.07, 6.45) is 1.65. The molecular weight excluding hydrogens is 282 g/mol. The van der Waals surface area contributed by atoms with Gasteiger partial charge in [0.25, 0.3) is 0 Å². The molecule has 1 aromatic carbocycles. The van der Waals surface area contributed by atoms with Gasteiger partial charge in [0.2, 0.25) is 0 Å². The molecular formula is C16H17N3OS. The van der Waals surface area contributed by atoms with E-state index in [9.17, 15) is 0 Å². The minimum absolute atomic E-state index is 0.739. The Balaban J connectivity index is 1.77. The van der Waals surface area contributed by atoms with Crippen LogP contribution in [0.5, 0.6) is 0 Å². The summed E-state index contributed by atoms with van der Waals surface area (Å²) in [7, 11) is 1.96. The maximum Gasteiger partial charge on any atom is 0.200 e. The van der Waals surface area contributed by atoms with Gasteiger partial charge < -0.3 is 8.98 Å². The van der Waals surface area contributed by atoms with Gasteiger partial charge in [0.15, 0.2) is 16.7 Å². The Hall–Kier alpha value is -2.01. The minimum atomic E-state index is 0.739. The standard InChI is InChI=1S/C16H17N3OS/c1-11-7-12(2)9-13(8-11)10-21-16-18-17-15(19(16)3)14-5-4-6-20-14/h4-9H,10H2,1-3H3. The van der Waals surface area contributed by atoms with Gasteiger partial charge in [-0.1, -0.05) is 41.1 Å². The molecule has 0 amide bonds. The van der Waals surface area contributed by atoms with Crippen molar-refractivity contribution in [1.82, 2.24) is 14.8 Å². The molecule has 0 unspecified atom stereocenters. The van der Waals surface area contributed by atoms with Gasteiger partial charge >= 0.3 is 0 Å². The quantitative estimate of drug-likeness (QED) is 0.683. The van der Waals surface area contributed by atoms with Crippen molar-refractivity contribution in [3.63, 3.8) is 0 Å². The third kappa shape index (κ3) is 3.03. The Morgan fingerprint density at radius 2 is 1.90 bits per heavy atom. The van der Waals surface area contributed by atoms with Gasteiger partial charge in [-0.2, -0.15) is 0 Å². The van der Waals surface area contributed by atoms with Crippen LogP contribution in [0.15, 0.2) is 46.2 Å². The number of thioether (sulfide) groups is 1. The molecule has 0 spiro atoms. The van der Waals surface area contributed by atoms with E-state index in [1.165, 1.54) is 16.7 Å². The highest BCUT2D eigenvalue weighted by molar-refractivity contribution is 7.98. The summed E-state index contributed by atoms with van der Waals surface area (Å²) in [6, 6.07) is 10.4. The van der Waals surface area contributed by atoms with Crippen molar-refractivity contribution in [3.05, 3.63) is 53.3 Å². The Kier molecular flexibility index (Phi) is 3.84. The first-order valence-electron chi connectivity index (χ1n) is 6.77. The first kappa shape index (κ1) is 13.9. The zero-order chi connectivity index (χ0) is 14.8. The van der Waals surface area contributed by atoms with Crippen LogP contribution >= 0.6 is 11.8 Å². The lowest BCUT2D eigenvalue weighted by Crippen LogP contribution is -1.94. The van der Waals surface area contributed by atoms with Crippen molar-refractivity contribution in [2.24, 2.45) is 7.05 Å². The van der Waals surface area contributed by atoms with E-state index in [0.29, 0.717) is 0 Å². The van der Waals surface area contributed by atoms with E-state index >= 15 is 0 Å². The maximum atomic E-state index is 5.38. The highest BCUT2D eigenvalue weighted by Gasteiger charge is 2.13. The molecule has 21 heavy (non-hydrogen) atoms. The van der Waals surface area contributed by atoms with E-state index < -0.39 is 0 Å². The van der Waals surface area contributed by atoms with Crippen LogP contribution in [0.1, 0.15) is 16.7 Å². The van der Waals surface area contributed by atoms with Crippen LogP contribution in [0.2, 0.25) is 0 Å². The number of aryl methyl sites for hydroxylation is 2.